The third-order valence-corrected chi connectivity index (χ3v) is 3.49. The van der Waals surface area contributed by atoms with Crippen molar-refractivity contribution in [2.75, 3.05) is 13.2 Å². The molecular weight excluding hydrogens is 332 g/mol. The molecule has 0 aliphatic rings. The van der Waals surface area contributed by atoms with Crippen LogP contribution in [0.2, 0.25) is 0 Å². The molecular formula is C12H16N2O8S. The zero-order valence-electron chi connectivity index (χ0n) is 12.0. The molecule has 0 saturated heterocycles. The van der Waals surface area contributed by atoms with Gasteiger partial charge in [-0.3, -0.25) is 0 Å². The lowest BCUT2D eigenvalue weighted by atomic mass is 10.2. The van der Waals surface area contributed by atoms with E-state index in [0.29, 0.717) is 18.4 Å². The van der Waals surface area contributed by atoms with Crippen LogP contribution in [0.5, 0.6) is 0 Å². The van der Waals surface area contributed by atoms with Crippen molar-refractivity contribution in [3.05, 3.63) is 39.9 Å². The van der Waals surface area contributed by atoms with Crippen molar-refractivity contribution in [1.82, 2.24) is 0 Å². The maximum Gasteiger partial charge on any atom is 0.508 e. The molecule has 128 valence electrons. The number of ether oxygens (including phenoxy) is 2. The van der Waals surface area contributed by atoms with Crippen LogP contribution in [0.1, 0.15) is 18.4 Å². The van der Waals surface area contributed by atoms with Crippen LogP contribution in [-0.4, -0.2) is 32.9 Å². The van der Waals surface area contributed by atoms with Crippen molar-refractivity contribution in [2.45, 2.75) is 24.3 Å². The average Bonchev–Trinajstić information content (AvgIpc) is 2.48. The SMILES string of the molecule is NS(=O)(=O)c1ccc(COC(=O)OCCCCO[N+](=O)[O-])cc1. The molecule has 0 atom stereocenters. The Morgan fingerprint density at radius 3 is 2.30 bits per heavy atom. The normalized spacial score (nSPS) is 10.8. The largest absolute Gasteiger partial charge is 0.508 e. The van der Waals surface area contributed by atoms with Gasteiger partial charge in [0.25, 0.3) is 5.09 Å². The second-order valence-corrected chi connectivity index (χ2v) is 5.90. The number of unbranched alkanes of at least 4 members (excludes halogenated alkanes) is 1. The molecule has 1 aromatic rings. The van der Waals surface area contributed by atoms with Crippen molar-refractivity contribution >= 4 is 16.2 Å². The lowest BCUT2D eigenvalue weighted by Crippen LogP contribution is -2.12. The highest BCUT2D eigenvalue weighted by molar-refractivity contribution is 7.89. The van der Waals surface area contributed by atoms with Gasteiger partial charge in [0.15, 0.2) is 0 Å². The van der Waals surface area contributed by atoms with Gasteiger partial charge in [-0.05, 0) is 30.5 Å². The molecule has 0 aliphatic heterocycles. The number of rotatable bonds is 9. The third kappa shape index (κ3) is 7.97. The molecule has 11 heteroatoms. The Balaban J connectivity index is 2.22. The summed E-state index contributed by atoms with van der Waals surface area (Å²) in [4.78, 5) is 25.2. The number of primary sulfonamides is 1. The standard InChI is InChI=1S/C12H16N2O8S/c13-23(18,19)11-5-3-10(4-6-11)9-21-12(15)20-7-1-2-8-22-14(16)17/h3-6H,1-2,7-9H2,(H2,13,18,19). The zero-order chi connectivity index (χ0) is 17.3. The molecule has 0 bridgehead atoms. The highest BCUT2D eigenvalue weighted by Crippen LogP contribution is 2.10. The van der Waals surface area contributed by atoms with Gasteiger partial charge >= 0.3 is 6.16 Å². The van der Waals surface area contributed by atoms with Crippen LogP contribution >= 0.6 is 0 Å². The Labute approximate surface area is 132 Å². The van der Waals surface area contributed by atoms with Crippen LogP contribution in [0, 0.1) is 10.1 Å². The van der Waals surface area contributed by atoms with Gasteiger partial charge in [0.1, 0.15) is 6.61 Å². The Hall–Kier alpha value is -2.40. The monoisotopic (exact) mass is 348 g/mol. The maximum atomic E-state index is 11.3. The number of hydrogen-bond acceptors (Lipinski definition) is 8. The first-order valence-electron chi connectivity index (χ1n) is 6.47. The van der Waals surface area contributed by atoms with E-state index in [4.69, 9.17) is 14.6 Å². The quantitative estimate of drug-likeness (QED) is 0.300. The van der Waals surface area contributed by atoms with Gasteiger partial charge in [0, 0.05) is 0 Å². The van der Waals surface area contributed by atoms with E-state index in [1.165, 1.54) is 24.3 Å². The van der Waals surface area contributed by atoms with Crippen LogP contribution in [-0.2, 0) is 30.9 Å². The second kappa shape index (κ2) is 8.90. The van der Waals surface area contributed by atoms with Crippen molar-refractivity contribution in [1.29, 1.82) is 0 Å². The summed E-state index contributed by atoms with van der Waals surface area (Å²) in [5.74, 6) is 0. The molecule has 0 unspecified atom stereocenters. The minimum atomic E-state index is -3.76. The minimum absolute atomic E-state index is 0.0410. The smallest absolute Gasteiger partial charge is 0.434 e. The molecule has 0 amide bonds. The van der Waals surface area contributed by atoms with Crippen LogP contribution in [0.3, 0.4) is 0 Å². The number of nitrogens with zero attached hydrogens (tertiary/aromatic N) is 1. The van der Waals surface area contributed by atoms with Gasteiger partial charge in [-0.1, -0.05) is 12.1 Å². The van der Waals surface area contributed by atoms with E-state index in [-0.39, 0.29) is 24.7 Å². The van der Waals surface area contributed by atoms with E-state index in [2.05, 4.69) is 4.84 Å². The fourth-order valence-electron chi connectivity index (χ4n) is 1.46. The van der Waals surface area contributed by atoms with Gasteiger partial charge < -0.3 is 14.3 Å². The number of sulfonamides is 1. The van der Waals surface area contributed by atoms with Gasteiger partial charge in [0.2, 0.25) is 10.0 Å². The van der Waals surface area contributed by atoms with Gasteiger partial charge in [-0.25, -0.2) is 18.4 Å². The van der Waals surface area contributed by atoms with Crippen molar-refractivity contribution < 1.29 is 32.6 Å². The van der Waals surface area contributed by atoms with Gasteiger partial charge in [-0.2, -0.15) is 0 Å². The molecule has 0 spiro atoms. The topological polar surface area (TPSA) is 148 Å². The molecule has 0 aliphatic carbocycles. The summed E-state index contributed by atoms with van der Waals surface area (Å²) in [5.41, 5.74) is 0.564. The molecule has 2 N–H and O–H groups in total. The first-order chi connectivity index (χ1) is 10.8. The Bertz CT molecular complexity index is 629. The van der Waals surface area contributed by atoms with Crippen LogP contribution in [0.25, 0.3) is 0 Å². The molecule has 1 aromatic carbocycles. The van der Waals surface area contributed by atoms with Crippen LogP contribution in [0.4, 0.5) is 4.79 Å². The molecule has 0 saturated carbocycles. The van der Waals surface area contributed by atoms with E-state index in [1.54, 1.807) is 0 Å². The molecule has 1 rings (SSSR count). The van der Waals surface area contributed by atoms with Crippen LogP contribution < -0.4 is 5.14 Å². The lowest BCUT2D eigenvalue weighted by molar-refractivity contribution is -0.757. The lowest BCUT2D eigenvalue weighted by Gasteiger charge is -2.06. The number of nitrogens with two attached hydrogens (primary N) is 1. The van der Waals surface area contributed by atoms with Crippen molar-refractivity contribution in [3.63, 3.8) is 0 Å². The van der Waals surface area contributed by atoms with E-state index in [0.717, 1.165) is 0 Å². The minimum Gasteiger partial charge on any atom is -0.434 e. The highest BCUT2D eigenvalue weighted by atomic mass is 32.2. The number of benzene rings is 1. The van der Waals surface area contributed by atoms with Crippen LogP contribution in [0.15, 0.2) is 29.2 Å². The first-order valence-corrected chi connectivity index (χ1v) is 8.02. The van der Waals surface area contributed by atoms with Gasteiger partial charge in [-0.15, -0.1) is 10.1 Å². The van der Waals surface area contributed by atoms with E-state index < -0.39 is 21.3 Å². The third-order valence-electron chi connectivity index (χ3n) is 2.56. The summed E-state index contributed by atoms with van der Waals surface area (Å²) in [5, 5.41) is 13.9. The Morgan fingerprint density at radius 1 is 1.13 bits per heavy atom. The van der Waals surface area contributed by atoms with Crippen molar-refractivity contribution in [3.8, 4) is 0 Å². The number of carbonyl (C=O) groups excluding carboxylic acids is 1. The highest BCUT2D eigenvalue weighted by Gasteiger charge is 2.08. The van der Waals surface area contributed by atoms with Gasteiger partial charge in [0.05, 0.1) is 18.1 Å². The fraction of sp³-hybridized carbons (Fsp3) is 0.417. The molecule has 23 heavy (non-hydrogen) atoms. The van der Waals surface area contributed by atoms with E-state index >= 15 is 0 Å². The summed E-state index contributed by atoms with van der Waals surface area (Å²) in [6.07, 6.45) is -0.134. The fourth-order valence-corrected chi connectivity index (χ4v) is 1.97. The zero-order valence-corrected chi connectivity index (χ0v) is 12.9. The molecule has 0 radical (unpaired) electrons. The second-order valence-electron chi connectivity index (χ2n) is 4.34. The summed E-state index contributed by atoms with van der Waals surface area (Å²) in [6.45, 7) is -0.111. The number of hydrogen-bond donors (Lipinski definition) is 1. The molecule has 0 fully saturated rings. The predicted octanol–water partition coefficient (Wildman–Crippen LogP) is 0.976. The summed E-state index contributed by atoms with van der Waals surface area (Å²) < 4.78 is 31.7. The predicted molar refractivity (Wildman–Crippen MR) is 76.1 cm³/mol. The van der Waals surface area contributed by atoms with E-state index in [1.807, 2.05) is 0 Å². The summed E-state index contributed by atoms with van der Waals surface area (Å²) in [7, 11) is -3.76. The summed E-state index contributed by atoms with van der Waals surface area (Å²) >= 11 is 0. The first kappa shape index (κ1) is 18.6. The molecule has 0 aromatic heterocycles. The Kier molecular flexibility index (Phi) is 7.22. The Morgan fingerprint density at radius 2 is 1.74 bits per heavy atom. The van der Waals surface area contributed by atoms with Crippen molar-refractivity contribution in [2.24, 2.45) is 5.14 Å². The molecule has 10 nitrogen and oxygen atoms in total. The average molecular weight is 348 g/mol. The van der Waals surface area contributed by atoms with E-state index in [9.17, 15) is 23.3 Å². The number of carbonyl (C=O) groups is 1. The maximum absolute atomic E-state index is 11.3. The molecule has 0 heterocycles. The summed E-state index contributed by atoms with van der Waals surface area (Å²) in [6, 6.07) is 5.52.